The summed E-state index contributed by atoms with van der Waals surface area (Å²) in [6, 6.07) is 2.84. The maximum Gasteiger partial charge on any atom is 0.236 e. The van der Waals surface area contributed by atoms with E-state index in [2.05, 4.69) is 0 Å². The molecule has 14 heavy (non-hydrogen) atoms. The summed E-state index contributed by atoms with van der Waals surface area (Å²) in [4.78, 5) is 0. The predicted octanol–water partition coefficient (Wildman–Crippen LogP) is 2.42. The Labute approximate surface area is 91.7 Å². The van der Waals surface area contributed by atoms with Crippen LogP contribution in [0.25, 0.3) is 0 Å². The van der Waals surface area contributed by atoms with Crippen LogP contribution in [-0.4, -0.2) is 13.5 Å². The molecule has 78 valence electrons. The zero-order valence-corrected chi connectivity index (χ0v) is 9.62. The molecule has 0 radical (unpaired) electrons. The lowest BCUT2D eigenvalue weighted by Crippen LogP contribution is -1.98. The van der Waals surface area contributed by atoms with Gasteiger partial charge in [0.15, 0.2) is 0 Å². The van der Waals surface area contributed by atoms with E-state index in [0.717, 1.165) is 0 Å². The Morgan fingerprint density at radius 3 is 2.50 bits per heavy atom. The number of phenolic OH excluding ortho intramolecular Hbond substituents is 1. The number of hydrogen-bond donors (Lipinski definition) is 1. The Hall–Kier alpha value is -0.450. The lowest BCUT2D eigenvalue weighted by Gasteiger charge is -2.07. The van der Waals surface area contributed by atoms with Crippen LogP contribution in [0.1, 0.15) is 11.1 Å². The van der Waals surface area contributed by atoms with Gasteiger partial charge in [-0.3, -0.25) is 0 Å². The van der Waals surface area contributed by atoms with Crippen LogP contribution >= 0.6 is 22.3 Å². The zero-order chi connectivity index (χ0) is 10.9. The summed E-state index contributed by atoms with van der Waals surface area (Å²) >= 11 is 5.77. The van der Waals surface area contributed by atoms with Crippen LogP contribution in [0.2, 0.25) is 5.02 Å². The van der Waals surface area contributed by atoms with Gasteiger partial charge in [-0.25, -0.2) is 8.42 Å². The molecule has 0 saturated carbocycles. The van der Waals surface area contributed by atoms with Gasteiger partial charge in [-0.05, 0) is 24.6 Å². The molecule has 1 aromatic carbocycles. The molecule has 0 unspecified atom stereocenters. The summed E-state index contributed by atoms with van der Waals surface area (Å²) in [5.41, 5.74) is 0.767. The van der Waals surface area contributed by atoms with Gasteiger partial charge in [-0.15, -0.1) is 0 Å². The first kappa shape index (κ1) is 11.6. The number of phenols is 1. The summed E-state index contributed by atoms with van der Waals surface area (Å²) in [5, 5.41) is 9.80. The average molecular weight is 255 g/mol. The molecule has 1 N–H and O–H groups in total. The van der Waals surface area contributed by atoms with Crippen molar-refractivity contribution in [2.24, 2.45) is 0 Å². The van der Waals surface area contributed by atoms with Crippen molar-refractivity contribution in [3.05, 3.63) is 28.3 Å². The van der Waals surface area contributed by atoms with Gasteiger partial charge in [0.2, 0.25) is 9.05 Å². The monoisotopic (exact) mass is 254 g/mol. The third-order valence-corrected chi connectivity index (χ3v) is 3.19. The van der Waals surface area contributed by atoms with Gasteiger partial charge in [0.1, 0.15) is 5.75 Å². The van der Waals surface area contributed by atoms with Gasteiger partial charge < -0.3 is 5.11 Å². The number of aromatic hydroxyl groups is 1. The van der Waals surface area contributed by atoms with Gasteiger partial charge in [0.05, 0.1) is 5.75 Å². The molecule has 0 aliphatic rings. The lowest BCUT2D eigenvalue weighted by molar-refractivity contribution is 0.469. The molecule has 0 bridgehead atoms. The van der Waals surface area contributed by atoms with E-state index in [-0.39, 0.29) is 11.3 Å². The van der Waals surface area contributed by atoms with E-state index in [1.54, 1.807) is 6.92 Å². The molecule has 0 fully saturated rings. The first-order chi connectivity index (χ1) is 6.31. The summed E-state index contributed by atoms with van der Waals surface area (Å²) < 4.78 is 21.7. The summed E-state index contributed by atoms with van der Waals surface area (Å²) in [5.74, 6) is -0.539. The molecule has 0 heterocycles. The van der Waals surface area contributed by atoms with Crippen molar-refractivity contribution in [1.82, 2.24) is 0 Å². The van der Waals surface area contributed by atoms with Crippen molar-refractivity contribution < 1.29 is 13.5 Å². The van der Waals surface area contributed by atoms with Crippen LogP contribution in [0.4, 0.5) is 0 Å². The van der Waals surface area contributed by atoms with Crippen LogP contribution < -0.4 is 0 Å². The molecular weight excluding hydrogens is 247 g/mol. The third-order valence-electron chi connectivity index (χ3n) is 1.82. The van der Waals surface area contributed by atoms with Crippen LogP contribution in [0.15, 0.2) is 12.1 Å². The molecule has 1 rings (SSSR count). The highest BCUT2D eigenvalue weighted by Crippen LogP contribution is 2.29. The molecule has 1 aromatic rings. The van der Waals surface area contributed by atoms with Crippen molar-refractivity contribution in [2.75, 3.05) is 0 Å². The Morgan fingerprint density at radius 2 is 2.00 bits per heavy atom. The quantitative estimate of drug-likeness (QED) is 0.825. The van der Waals surface area contributed by atoms with Crippen LogP contribution in [0, 0.1) is 6.92 Å². The summed E-state index contributed by atoms with van der Waals surface area (Å²) in [6.07, 6.45) is 0. The van der Waals surface area contributed by atoms with Crippen molar-refractivity contribution in [3.63, 3.8) is 0 Å². The van der Waals surface area contributed by atoms with E-state index in [1.807, 2.05) is 0 Å². The Balaban J connectivity index is 3.27. The minimum absolute atomic E-state index is 0.115. The maximum atomic E-state index is 10.8. The first-order valence-electron chi connectivity index (χ1n) is 3.70. The predicted molar refractivity (Wildman–Crippen MR) is 56.3 cm³/mol. The lowest BCUT2D eigenvalue weighted by atomic mass is 10.1. The van der Waals surface area contributed by atoms with Crippen molar-refractivity contribution in [1.29, 1.82) is 0 Å². The minimum Gasteiger partial charge on any atom is -0.508 e. The second-order valence-electron chi connectivity index (χ2n) is 2.85. The smallest absolute Gasteiger partial charge is 0.236 e. The minimum atomic E-state index is -3.69. The van der Waals surface area contributed by atoms with Crippen molar-refractivity contribution in [2.45, 2.75) is 12.7 Å². The largest absolute Gasteiger partial charge is 0.508 e. The topological polar surface area (TPSA) is 54.4 Å². The van der Waals surface area contributed by atoms with Gasteiger partial charge in [-0.1, -0.05) is 11.6 Å². The van der Waals surface area contributed by atoms with E-state index >= 15 is 0 Å². The second kappa shape index (κ2) is 3.96. The molecule has 0 saturated heterocycles. The van der Waals surface area contributed by atoms with Crippen LogP contribution in [0.5, 0.6) is 5.75 Å². The molecule has 0 atom stereocenters. The van der Waals surface area contributed by atoms with E-state index in [9.17, 15) is 13.5 Å². The van der Waals surface area contributed by atoms with Gasteiger partial charge in [0.25, 0.3) is 0 Å². The van der Waals surface area contributed by atoms with Crippen LogP contribution in [-0.2, 0) is 14.8 Å². The normalized spacial score (nSPS) is 11.6. The van der Waals surface area contributed by atoms with Gasteiger partial charge >= 0.3 is 0 Å². The fourth-order valence-corrected chi connectivity index (χ4v) is 2.28. The number of hydrogen-bond acceptors (Lipinski definition) is 3. The highest BCUT2D eigenvalue weighted by atomic mass is 35.7. The fourth-order valence-electron chi connectivity index (χ4n) is 1.07. The fraction of sp³-hybridized carbons (Fsp3) is 0.250. The molecular formula is C8H8Cl2O3S. The Bertz CT molecular complexity index is 454. The van der Waals surface area contributed by atoms with E-state index < -0.39 is 14.8 Å². The maximum absolute atomic E-state index is 10.8. The Morgan fingerprint density at radius 1 is 1.43 bits per heavy atom. The van der Waals surface area contributed by atoms with Gasteiger partial charge in [0, 0.05) is 21.3 Å². The third kappa shape index (κ3) is 2.77. The molecule has 6 heteroatoms. The summed E-state index contributed by atoms with van der Waals surface area (Å²) in [7, 11) is 1.40. The molecule has 0 spiro atoms. The van der Waals surface area contributed by atoms with Gasteiger partial charge in [-0.2, -0.15) is 0 Å². The van der Waals surface area contributed by atoms with Crippen molar-refractivity contribution >= 4 is 31.3 Å². The number of halogens is 2. The highest BCUT2D eigenvalue weighted by Gasteiger charge is 2.15. The average Bonchev–Trinajstić information content (AvgIpc) is 2.04. The summed E-state index contributed by atoms with van der Waals surface area (Å²) in [6.45, 7) is 1.62. The number of rotatable bonds is 2. The molecule has 0 aliphatic heterocycles. The molecule has 0 aliphatic carbocycles. The SMILES string of the molecule is Cc1c(Cl)ccc(O)c1CS(=O)(=O)Cl. The van der Waals surface area contributed by atoms with Crippen molar-refractivity contribution in [3.8, 4) is 5.75 Å². The standard InChI is InChI=1S/C8H8Cl2O3S/c1-5-6(4-14(10,12)13)8(11)3-2-7(5)9/h2-3,11H,4H2,1H3. The number of benzene rings is 1. The zero-order valence-electron chi connectivity index (χ0n) is 7.29. The molecule has 0 amide bonds. The molecule has 3 nitrogen and oxygen atoms in total. The van der Waals surface area contributed by atoms with E-state index in [4.69, 9.17) is 22.3 Å². The Kier molecular flexibility index (Phi) is 3.29. The van der Waals surface area contributed by atoms with E-state index in [1.165, 1.54) is 12.1 Å². The van der Waals surface area contributed by atoms with Crippen LogP contribution in [0.3, 0.4) is 0 Å². The molecule has 0 aromatic heterocycles. The first-order valence-corrected chi connectivity index (χ1v) is 6.56. The second-order valence-corrected chi connectivity index (χ2v) is 6.04. The van der Waals surface area contributed by atoms with E-state index in [0.29, 0.717) is 10.6 Å². The highest BCUT2D eigenvalue weighted by molar-refractivity contribution is 8.13.